The van der Waals surface area contributed by atoms with Crippen LogP contribution in [-0.4, -0.2) is 23.6 Å². The van der Waals surface area contributed by atoms with Gasteiger partial charge in [0.05, 0.1) is 0 Å². The Kier molecular flexibility index (Phi) is 9.44. The minimum Gasteiger partial charge on any atom is -0.313 e. The molecule has 2 unspecified atom stereocenters. The summed E-state index contributed by atoms with van der Waals surface area (Å²) >= 11 is 2.03. The van der Waals surface area contributed by atoms with Gasteiger partial charge in [0.15, 0.2) is 0 Å². The first kappa shape index (κ1) is 17.3. The summed E-state index contributed by atoms with van der Waals surface area (Å²) in [7, 11) is 0. The molecule has 2 atom stereocenters. The lowest BCUT2D eigenvalue weighted by Gasteiger charge is -2.32. The Morgan fingerprint density at radius 2 is 1.65 bits per heavy atom. The molecular weight excluding hydrogens is 226 g/mol. The molecule has 0 radical (unpaired) electrons. The van der Waals surface area contributed by atoms with Crippen molar-refractivity contribution < 1.29 is 0 Å². The second kappa shape index (κ2) is 9.27. The van der Waals surface area contributed by atoms with E-state index in [1.54, 1.807) is 0 Å². The summed E-state index contributed by atoms with van der Waals surface area (Å²) in [4.78, 5) is 0. The molecule has 0 saturated heterocycles. The second-order valence-electron chi connectivity index (χ2n) is 5.33. The third kappa shape index (κ3) is 6.15. The van der Waals surface area contributed by atoms with Crippen LogP contribution in [0.3, 0.4) is 0 Å². The number of thioether (sulfide) groups is 1. The van der Waals surface area contributed by atoms with Gasteiger partial charge in [-0.05, 0) is 37.9 Å². The molecule has 0 bridgehead atoms. The molecule has 0 aromatic carbocycles. The fourth-order valence-corrected chi connectivity index (χ4v) is 3.04. The van der Waals surface area contributed by atoms with Gasteiger partial charge >= 0.3 is 0 Å². The fraction of sp³-hybridized carbons (Fsp3) is 1.00. The third-order valence-corrected chi connectivity index (χ3v) is 5.90. The lowest BCUT2D eigenvalue weighted by Crippen LogP contribution is -2.42. The summed E-state index contributed by atoms with van der Waals surface area (Å²) in [6.45, 7) is 12.8. The second-order valence-corrected chi connectivity index (χ2v) is 6.60. The van der Waals surface area contributed by atoms with Gasteiger partial charge in [0.2, 0.25) is 0 Å². The monoisotopic (exact) mass is 259 g/mol. The summed E-state index contributed by atoms with van der Waals surface area (Å²) in [6.07, 6.45) is 8.65. The van der Waals surface area contributed by atoms with E-state index in [0.717, 1.165) is 12.5 Å². The molecule has 1 nitrogen and oxygen atoms in total. The topological polar surface area (TPSA) is 12.0 Å². The van der Waals surface area contributed by atoms with E-state index < -0.39 is 0 Å². The van der Waals surface area contributed by atoms with Crippen LogP contribution in [0.1, 0.15) is 66.7 Å². The van der Waals surface area contributed by atoms with Crippen molar-refractivity contribution in [3.05, 3.63) is 0 Å². The first-order valence-electron chi connectivity index (χ1n) is 7.35. The van der Waals surface area contributed by atoms with Crippen molar-refractivity contribution in [1.29, 1.82) is 0 Å². The highest BCUT2D eigenvalue weighted by Gasteiger charge is 2.25. The zero-order chi connectivity index (χ0) is 13.3. The van der Waals surface area contributed by atoms with Crippen molar-refractivity contribution in [1.82, 2.24) is 5.32 Å². The smallest absolute Gasteiger partial charge is 0.0276 e. The quantitative estimate of drug-likeness (QED) is 0.609. The van der Waals surface area contributed by atoms with Crippen LogP contribution in [0.5, 0.6) is 0 Å². The fourth-order valence-electron chi connectivity index (χ4n) is 2.24. The van der Waals surface area contributed by atoms with Crippen LogP contribution in [0.25, 0.3) is 0 Å². The van der Waals surface area contributed by atoms with Crippen LogP contribution >= 0.6 is 11.8 Å². The standard InChI is InChI=1S/C15H33NS/c1-7-13(5)11-14(8-2)16-12-15(9-3,10-4)17-6/h13-14,16H,7-12H2,1-6H3. The van der Waals surface area contributed by atoms with Crippen LogP contribution in [0.15, 0.2) is 0 Å². The average Bonchev–Trinajstić information content (AvgIpc) is 2.39. The maximum absolute atomic E-state index is 3.81. The van der Waals surface area contributed by atoms with Gasteiger partial charge in [-0.15, -0.1) is 0 Å². The molecule has 0 spiro atoms. The van der Waals surface area contributed by atoms with Gasteiger partial charge in [0.1, 0.15) is 0 Å². The molecule has 0 saturated carbocycles. The predicted octanol–water partition coefficient (Wildman–Crippen LogP) is 4.71. The van der Waals surface area contributed by atoms with E-state index in [1.807, 2.05) is 11.8 Å². The van der Waals surface area contributed by atoms with Crippen molar-refractivity contribution in [2.24, 2.45) is 5.92 Å². The molecule has 0 heterocycles. The van der Waals surface area contributed by atoms with Crippen molar-refractivity contribution in [3.8, 4) is 0 Å². The molecule has 0 aliphatic rings. The summed E-state index contributed by atoms with van der Waals surface area (Å²) in [5.41, 5.74) is 0. The highest BCUT2D eigenvalue weighted by molar-refractivity contribution is 8.00. The summed E-state index contributed by atoms with van der Waals surface area (Å²) < 4.78 is 0.447. The lowest BCUT2D eigenvalue weighted by molar-refractivity contribution is 0.362. The molecule has 104 valence electrons. The molecule has 0 aromatic rings. The highest BCUT2D eigenvalue weighted by atomic mass is 32.2. The van der Waals surface area contributed by atoms with Gasteiger partial charge in [-0.2, -0.15) is 11.8 Å². The van der Waals surface area contributed by atoms with Crippen molar-refractivity contribution in [3.63, 3.8) is 0 Å². The van der Waals surface area contributed by atoms with Gasteiger partial charge in [-0.25, -0.2) is 0 Å². The van der Waals surface area contributed by atoms with Gasteiger partial charge in [-0.3, -0.25) is 0 Å². The molecule has 17 heavy (non-hydrogen) atoms. The Balaban J connectivity index is 4.20. The minimum atomic E-state index is 0.447. The summed E-state index contributed by atoms with van der Waals surface area (Å²) in [5, 5.41) is 3.81. The molecule has 0 amide bonds. The van der Waals surface area contributed by atoms with Crippen LogP contribution in [-0.2, 0) is 0 Å². The minimum absolute atomic E-state index is 0.447. The van der Waals surface area contributed by atoms with E-state index in [9.17, 15) is 0 Å². The normalized spacial score (nSPS) is 15.9. The first-order chi connectivity index (χ1) is 8.07. The third-order valence-electron chi connectivity index (χ3n) is 4.31. The SMILES string of the molecule is CCC(C)CC(CC)NCC(CC)(CC)SC. The van der Waals surface area contributed by atoms with Gasteiger partial charge in [0.25, 0.3) is 0 Å². The Hall–Kier alpha value is 0.310. The number of hydrogen-bond acceptors (Lipinski definition) is 2. The highest BCUT2D eigenvalue weighted by Crippen LogP contribution is 2.30. The molecule has 0 aromatic heterocycles. The molecule has 1 N–H and O–H groups in total. The number of hydrogen-bond donors (Lipinski definition) is 1. The molecule has 0 aliphatic carbocycles. The first-order valence-corrected chi connectivity index (χ1v) is 8.58. The maximum Gasteiger partial charge on any atom is 0.0276 e. The van der Waals surface area contributed by atoms with Crippen LogP contribution < -0.4 is 5.32 Å². The van der Waals surface area contributed by atoms with E-state index in [2.05, 4.69) is 46.2 Å². The van der Waals surface area contributed by atoms with Crippen molar-refractivity contribution in [2.75, 3.05) is 12.8 Å². The maximum atomic E-state index is 3.81. The van der Waals surface area contributed by atoms with Gasteiger partial charge in [0, 0.05) is 17.3 Å². The lowest BCUT2D eigenvalue weighted by atomic mass is 9.96. The molecule has 0 rings (SSSR count). The molecule has 2 heteroatoms. The Morgan fingerprint density at radius 1 is 1.06 bits per heavy atom. The zero-order valence-corrected chi connectivity index (χ0v) is 13.6. The summed E-state index contributed by atoms with van der Waals surface area (Å²) in [6, 6.07) is 0.703. The van der Waals surface area contributed by atoms with Crippen LogP contribution in [0.2, 0.25) is 0 Å². The Bertz CT molecular complexity index is 169. The van der Waals surface area contributed by atoms with E-state index >= 15 is 0 Å². The molecular formula is C15H33NS. The average molecular weight is 260 g/mol. The summed E-state index contributed by atoms with van der Waals surface area (Å²) in [5.74, 6) is 0.847. The van der Waals surface area contributed by atoms with E-state index in [1.165, 1.54) is 32.1 Å². The van der Waals surface area contributed by atoms with E-state index in [0.29, 0.717) is 10.8 Å². The molecule has 0 fully saturated rings. The Morgan fingerprint density at radius 3 is 2.00 bits per heavy atom. The van der Waals surface area contributed by atoms with E-state index in [-0.39, 0.29) is 0 Å². The largest absolute Gasteiger partial charge is 0.313 e. The van der Waals surface area contributed by atoms with Crippen LogP contribution in [0.4, 0.5) is 0 Å². The number of rotatable bonds is 10. The molecule has 0 aliphatic heterocycles. The van der Waals surface area contributed by atoms with Crippen molar-refractivity contribution in [2.45, 2.75) is 77.5 Å². The van der Waals surface area contributed by atoms with Gasteiger partial charge in [-0.1, -0.05) is 41.0 Å². The van der Waals surface area contributed by atoms with Gasteiger partial charge < -0.3 is 5.32 Å². The zero-order valence-electron chi connectivity index (χ0n) is 12.8. The van der Waals surface area contributed by atoms with Crippen LogP contribution in [0, 0.1) is 5.92 Å². The predicted molar refractivity (Wildman–Crippen MR) is 83.0 cm³/mol. The Labute approximate surface area is 114 Å². The van der Waals surface area contributed by atoms with E-state index in [4.69, 9.17) is 0 Å². The van der Waals surface area contributed by atoms with Crippen molar-refractivity contribution >= 4 is 11.8 Å². The number of nitrogens with one attached hydrogen (secondary N) is 1.